The Balaban J connectivity index is 1.54. The molecule has 1 aliphatic heterocycles. The van der Waals surface area contributed by atoms with E-state index in [1.807, 2.05) is 6.92 Å². The first-order chi connectivity index (χ1) is 15.8. The number of furan rings is 2. The molecule has 1 saturated heterocycles. The molecular formula is C22H19N3O6S2. The monoisotopic (exact) mass is 485 g/mol. The zero-order valence-corrected chi connectivity index (χ0v) is 18.9. The van der Waals surface area contributed by atoms with Crippen LogP contribution in [0.4, 0.5) is 0 Å². The van der Waals surface area contributed by atoms with Gasteiger partial charge in [0, 0.05) is 0 Å². The molecule has 9 nitrogen and oxygen atoms in total. The summed E-state index contributed by atoms with van der Waals surface area (Å²) >= 11 is 1.10. The highest BCUT2D eigenvalue weighted by atomic mass is 32.2. The highest BCUT2D eigenvalue weighted by molar-refractivity contribution is 8.05. The summed E-state index contributed by atoms with van der Waals surface area (Å²) < 4.78 is 35.6. The van der Waals surface area contributed by atoms with Crippen LogP contribution in [0, 0.1) is 6.92 Å². The molecule has 1 atom stereocenters. The van der Waals surface area contributed by atoms with Crippen molar-refractivity contribution in [2.24, 2.45) is 0 Å². The van der Waals surface area contributed by atoms with Gasteiger partial charge in [-0.1, -0.05) is 29.5 Å². The summed E-state index contributed by atoms with van der Waals surface area (Å²) in [6, 6.07) is 12.8. The zero-order valence-electron chi connectivity index (χ0n) is 17.3. The average molecular weight is 486 g/mol. The molecule has 1 aromatic carbocycles. The number of hydrogen-bond donors (Lipinski definition) is 3. The molecular weight excluding hydrogens is 466 g/mol. The summed E-state index contributed by atoms with van der Waals surface area (Å²) in [6.07, 6.45) is 5.91. The third kappa shape index (κ3) is 5.45. The lowest BCUT2D eigenvalue weighted by molar-refractivity contribution is -0.118. The second-order valence-electron chi connectivity index (χ2n) is 6.98. The first kappa shape index (κ1) is 22.6. The summed E-state index contributed by atoms with van der Waals surface area (Å²) in [7, 11) is -4.00. The molecule has 3 heterocycles. The Hall–Kier alpha value is -3.54. The molecule has 1 aliphatic rings. The van der Waals surface area contributed by atoms with E-state index in [0.717, 1.165) is 17.3 Å². The molecule has 0 spiro atoms. The van der Waals surface area contributed by atoms with Crippen molar-refractivity contribution in [3.63, 3.8) is 0 Å². The zero-order chi connectivity index (χ0) is 23.4. The van der Waals surface area contributed by atoms with Gasteiger partial charge in [0.05, 0.1) is 27.9 Å². The van der Waals surface area contributed by atoms with E-state index in [0.29, 0.717) is 16.4 Å². The second kappa shape index (κ2) is 9.53. The number of rotatable bonds is 7. The maximum absolute atomic E-state index is 13.0. The smallest absolute Gasteiger partial charge is 0.265 e. The lowest BCUT2D eigenvalue weighted by Crippen LogP contribution is -2.44. The van der Waals surface area contributed by atoms with Crippen molar-refractivity contribution in [2.45, 2.75) is 17.2 Å². The van der Waals surface area contributed by atoms with Crippen LogP contribution in [0.25, 0.3) is 12.2 Å². The summed E-state index contributed by atoms with van der Waals surface area (Å²) in [4.78, 5) is 27.8. The molecule has 0 saturated carbocycles. The highest BCUT2D eigenvalue weighted by Gasteiger charge is 2.34. The topological polar surface area (TPSA) is 131 Å². The van der Waals surface area contributed by atoms with Crippen molar-refractivity contribution in [3.8, 4) is 0 Å². The Morgan fingerprint density at radius 2 is 1.73 bits per heavy atom. The molecule has 0 bridgehead atoms. The van der Waals surface area contributed by atoms with E-state index >= 15 is 0 Å². The van der Waals surface area contributed by atoms with Gasteiger partial charge in [-0.25, -0.2) is 8.42 Å². The normalized spacial score (nSPS) is 17.8. The predicted molar refractivity (Wildman–Crippen MR) is 123 cm³/mol. The van der Waals surface area contributed by atoms with Crippen molar-refractivity contribution in [2.75, 3.05) is 0 Å². The Labute approximate surface area is 193 Å². The molecule has 1 fully saturated rings. The standard InChI is InChI=1S/C22H19N3O6S2/c1-14-6-8-17(9-7-14)33(28,29)25-24-20(26)18(12-15-4-2-10-30-15)22-23-21(27)19(32-22)13-16-5-3-11-31-16/h2-13,22,25H,1H3,(H,23,27)(H,24,26)/b18-12-,19-13-. The van der Waals surface area contributed by atoms with Gasteiger partial charge in [-0.05, 0) is 55.5 Å². The number of sulfonamides is 1. The summed E-state index contributed by atoms with van der Waals surface area (Å²) in [5.41, 5.74) is 3.19. The van der Waals surface area contributed by atoms with Gasteiger partial charge >= 0.3 is 0 Å². The number of aryl methyl sites for hydroxylation is 1. The SMILES string of the molecule is Cc1ccc(S(=O)(=O)NNC(=O)/C(=C/c2ccco2)C2NC(=O)/C(=C/c3ccco3)S2)cc1. The largest absolute Gasteiger partial charge is 0.465 e. The molecule has 2 aromatic heterocycles. The fourth-order valence-electron chi connectivity index (χ4n) is 2.89. The number of carbonyl (C=O) groups excluding carboxylic acids is 2. The molecule has 3 N–H and O–H groups in total. The fraction of sp³-hybridized carbons (Fsp3) is 0.0909. The molecule has 0 aliphatic carbocycles. The van der Waals surface area contributed by atoms with Crippen molar-refractivity contribution < 1.29 is 26.8 Å². The lowest BCUT2D eigenvalue weighted by atomic mass is 10.2. The summed E-state index contributed by atoms with van der Waals surface area (Å²) in [5.74, 6) is -0.293. The van der Waals surface area contributed by atoms with Gasteiger partial charge in [-0.3, -0.25) is 15.0 Å². The van der Waals surface area contributed by atoms with Crippen LogP contribution in [0.5, 0.6) is 0 Å². The van der Waals surface area contributed by atoms with Gasteiger partial charge < -0.3 is 14.2 Å². The minimum atomic E-state index is -4.00. The molecule has 0 radical (unpaired) electrons. The average Bonchev–Trinajstić information content (AvgIpc) is 3.55. The van der Waals surface area contributed by atoms with Gasteiger partial charge in [-0.15, -0.1) is 4.83 Å². The van der Waals surface area contributed by atoms with E-state index in [1.165, 1.54) is 30.7 Å². The number of amides is 2. The third-order valence-electron chi connectivity index (χ3n) is 4.56. The van der Waals surface area contributed by atoms with E-state index < -0.39 is 21.3 Å². The van der Waals surface area contributed by atoms with E-state index in [9.17, 15) is 18.0 Å². The molecule has 33 heavy (non-hydrogen) atoms. The van der Waals surface area contributed by atoms with E-state index in [-0.39, 0.29) is 16.4 Å². The number of nitrogens with one attached hydrogen (secondary N) is 3. The summed E-state index contributed by atoms with van der Waals surface area (Å²) in [5, 5.41) is 1.93. The third-order valence-corrected chi connectivity index (χ3v) is 6.99. The van der Waals surface area contributed by atoms with Gasteiger partial charge in [0.1, 0.15) is 16.9 Å². The van der Waals surface area contributed by atoms with Crippen LogP contribution >= 0.6 is 11.8 Å². The summed E-state index contributed by atoms with van der Waals surface area (Å²) in [6.45, 7) is 1.83. The van der Waals surface area contributed by atoms with Crippen LogP contribution in [0.15, 0.2) is 85.3 Å². The number of hydrogen-bond acceptors (Lipinski definition) is 7. The molecule has 4 rings (SSSR count). The second-order valence-corrected chi connectivity index (χ2v) is 9.81. The van der Waals surface area contributed by atoms with Crippen LogP contribution in [0.2, 0.25) is 0 Å². The lowest BCUT2D eigenvalue weighted by Gasteiger charge is -2.15. The maximum Gasteiger partial charge on any atom is 0.265 e. The minimum Gasteiger partial charge on any atom is -0.465 e. The molecule has 170 valence electrons. The number of carbonyl (C=O) groups is 2. The fourth-order valence-corrected chi connectivity index (χ4v) is 4.80. The number of thioether (sulfide) groups is 1. The molecule has 11 heteroatoms. The van der Waals surface area contributed by atoms with Gasteiger partial charge in [-0.2, -0.15) is 0 Å². The van der Waals surface area contributed by atoms with Crippen LogP contribution in [-0.2, 0) is 19.6 Å². The van der Waals surface area contributed by atoms with Crippen molar-refractivity contribution in [3.05, 3.63) is 88.6 Å². The van der Waals surface area contributed by atoms with Crippen LogP contribution < -0.4 is 15.6 Å². The minimum absolute atomic E-state index is 0.00262. The Morgan fingerprint density at radius 3 is 2.36 bits per heavy atom. The first-order valence-electron chi connectivity index (χ1n) is 9.68. The number of hydrazine groups is 1. The quantitative estimate of drug-likeness (QED) is 0.346. The Kier molecular flexibility index (Phi) is 6.54. The van der Waals surface area contributed by atoms with Crippen molar-refractivity contribution in [1.82, 2.24) is 15.6 Å². The van der Waals surface area contributed by atoms with E-state index in [4.69, 9.17) is 8.83 Å². The van der Waals surface area contributed by atoms with Crippen molar-refractivity contribution >= 4 is 45.8 Å². The Morgan fingerprint density at radius 1 is 1.06 bits per heavy atom. The molecule has 3 aromatic rings. The molecule has 1 unspecified atom stereocenters. The van der Waals surface area contributed by atoms with Gasteiger partial charge in [0.2, 0.25) is 0 Å². The van der Waals surface area contributed by atoms with Crippen LogP contribution in [0.3, 0.4) is 0 Å². The first-order valence-corrected chi connectivity index (χ1v) is 12.0. The van der Waals surface area contributed by atoms with E-state index in [2.05, 4.69) is 15.6 Å². The van der Waals surface area contributed by atoms with E-state index in [1.54, 1.807) is 42.5 Å². The van der Waals surface area contributed by atoms with Crippen molar-refractivity contribution in [1.29, 1.82) is 0 Å². The predicted octanol–water partition coefficient (Wildman–Crippen LogP) is 2.80. The van der Waals surface area contributed by atoms with Crippen LogP contribution in [-0.4, -0.2) is 25.6 Å². The highest BCUT2D eigenvalue weighted by Crippen LogP contribution is 2.34. The number of benzene rings is 1. The Bertz CT molecular complexity index is 1310. The van der Waals surface area contributed by atoms with Gasteiger partial charge in [0.15, 0.2) is 0 Å². The van der Waals surface area contributed by atoms with Gasteiger partial charge in [0.25, 0.3) is 21.8 Å². The van der Waals surface area contributed by atoms with Crippen LogP contribution in [0.1, 0.15) is 17.1 Å². The molecule has 2 amide bonds. The maximum atomic E-state index is 13.0.